The van der Waals surface area contributed by atoms with Crippen molar-refractivity contribution in [2.75, 3.05) is 6.61 Å². The van der Waals surface area contributed by atoms with Gasteiger partial charge in [-0.2, -0.15) is 9.78 Å². The maximum Gasteiger partial charge on any atom is 0.347 e. The van der Waals surface area contributed by atoms with Crippen molar-refractivity contribution < 1.29 is 19.3 Å². The number of hydrogen-bond donors (Lipinski definition) is 3. The molecule has 8 nitrogen and oxygen atoms in total. The molecule has 1 fully saturated rings. The van der Waals surface area contributed by atoms with Crippen molar-refractivity contribution in [1.82, 2.24) is 14.8 Å². The van der Waals surface area contributed by atoms with E-state index in [9.17, 15) is 19.1 Å². The van der Waals surface area contributed by atoms with Gasteiger partial charge in [-0.05, 0) is 6.92 Å². The summed E-state index contributed by atoms with van der Waals surface area (Å²) in [4.78, 5) is 24.2. The molecule has 1 aromatic rings. The minimum atomic E-state index is -1.95. The van der Waals surface area contributed by atoms with Crippen LogP contribution >= 0.6 is 0 Å². The fourth-order valence-corrected chi connectivity index (χ4v) is 1.76. The molecule has 18 heavy (non-hydrogen) atoms. The van der Waals surface area contributed by atoms with Crippen LogP contribution in [0.2, 0.25) is 0 Å². The van der Waals surface area contributed by atoms with E-state index in [-0.39, 0.29) is 0 Å². The van der Waals surface area contributed by atoms with Crippen molar-refractivity contribution in [2.45, 2.75) is 31.0 Å². The van der Waals surface area contributed by atoms with E-state index in [1.807, 2.05) is 4.98 Å². The van der Waals surface area contributed by atoms with Crippen molar-refractivity contribution >= 4 is 0 Å². The lowest BCUT2D eigenvalue weighted by Crippen LogP contribution is -2.42. The van der Waals surface area contributed by atoms with Crippen molar-refractivity contribution in [3.05, 3.63) is 27.0 Å². The van der Waals surface area contributed by atoms with Gasteiger partial charge >= 0.3 is 5.69 Å². The molecule has 2 rings (SSSR count). The topological polar surface area (TPSA) is 117 Å². The SMILES string of the molecule is CC1(CO)OC(n2ncc(=O)[nH]c2=O)C(F)C1O. The number of rotatable bonds is 2. The summed E-state index contributed by atoms with van der Waals surface area (Å²) in [7, 11) is 0. The Balaban J connectivity index is 2.41. The molecular weight excluding hydrogens is 249 g/mol. The van der Waals surface area contributed by atoms with Crippen LogP contribution in [0.3, 0.4) is 0 Å². The van der Waals surface area contributed by atoms with Crippen LogP contribution in [0.4, 0.5) is 4.39 Å². The molecule has 0 aromatic carbocycles. The number of H-pyrrole nitrogens is 1. The summed E-state index contributed by atoms with van der Waals surface area (Å²) in [6, 6.07) is 0. The molecule has 4 atom stereocenters. The Morgan fingerprint density at radius 2 is 2.33 bits per heavy atom. The average Bonchev–Trinajstić information content (AvgIpc) is 2.55. The van der Waals surface area contributed by atoms with Gasteiger partial charge in [0.2, 0.25) is 0 Å². The minimum absolute atomic E-state index is 0.580. The zero-order valence-corrected chi connectivity index (χ0v) is 9.41. The molecule has 100 valence electrons. The maximum atomic E-state index is 13.9. The zero-order valence-electron chi connectivity index (χ0n) is 9.41. The van der Waals surface area contributed by atoms with Crippen LogP contribution in [-0.2, 0) is 4.74 Å². The van der Waals surface area contributed by atoms with Crippen molar-refractivity contribution in [1.29, 1.82) is 0 Å². The standard InChI is InChI=1S/C9H12FN3O5/c1-9(3-14)6(16)5(10)7(18-9)13-8(17)12-4(15)2-11-13/h2,5-7,14,16H,3H2,1H3,(H,12,15,17). The molecule has 9 heteroatoms. The van der Waals surface area contributed by atoms with E-state index in [1.54, 1.807) is 0 Å². The summed E-state index contributed by atoms with van der Waals surface area (Å²) in [6.07, 6.45) is -4.26. The van der Waals surface area contributed by atoms with Gasteiger partial charge in [0.25, 0.3) is 5.56 Å². The van der Waals surface area contributed by atoms with Gasteiger partial charge in [-0.25, -0.2) is 9.18 Å². The second-order valence-corrected chi connectivity index (χ2v) is 4.25. The van der Waals surface area contributed by atoms with Crippen molar-refractivity contribution in [3.63, 3.8) is 0 Å². The quantitative estimate of drug-likeness (QED) is 0.562. The molecule has 2 heterocycles. The summed E-state index contributed by atoms with van der Waals surface area (Å²) >= 11 is 0. The normalized spacial score (nSPS) is 35.9. The van der Waals surface area contributed by atoms with Gasteiger partial charge in [0.1, 0.15) is 17.9 Å². The summed E-state index contributed by atoms with van der Waals surface area (Å²) in [5, 5.41) is 22.1. The Morgan fingerprint density at radius 1 is 1.67 bits per heavy atom. The van der Waals surface area contributed by atoms with Gasteiger partial charge in [0, 0.05) is 0 Å². The smallest absolute Gasteiger partial charge is 0.347 e. The highest BCUT2D eigenvalue weighted by molar-refractivity contribution is 4.97. The van der Waals surface area contributed by atoms with Gasteiger partial charge in [0.15, 0.2) is 12.4 Å². The first-order chi connectivity index (χ1) is 8.39. The van der Waals surface area contributed by atoms with Crippen LogP contribution in [0, 0.1) is 0 Å². The van der Waals surface area contributed by atoms with Crippen molar-refractivity contribution in [3.8, 4) is 0 Å². The predicted molar refractivity (Wildman–Crippen MR) is 55.6 cm³/mol. The van der Waals surface area contributed by atoms with E-state index >= 15 is 0 Å². The number of aliphatic hydroxyl groups excluding tert-OH is 2. The lowest BCUT2D eigenvalue weighted by molar-refractivity contribution is -0.120. The lowest BCUT2D eigenvalue weighted by Gasteiger charge is -2.24. The molecule has 1 aliphatic rings. The monoisotopic (exact) mass is 261 g/mol. The minimum Gasteiger partial charge on any atom is -0.393 e. The number of ether oxygens (including phenoxy) is 1. The van der Waals surface area contributed by atoms with E-state index in [0.717, 1.165) is 6.20 Å². The van der Waals surface area contributed by atoms with E-state index in [4.69, 9.17) is 9.84 Å². The maximum absolute atomic E-state index is 13.9. The molecule has 1 aromatic heterocycles. The third kappa shape index (κ3) is 1.85. The number of halogens is 1. The summed E-state index contributed by atoms with van der Waals surface area (Å²) < 4.78 is 19.6. The Labute approximate surface area is 99.6 Å². The van der Waals surface area contributed by atoms with E-state index < -0.39 is 42.0 Å². The van der Waals surface area contributed by atoms with Crippen LogP contribution in [0.25, 0.3) is 0 Å². The third-order valence-corrected chi connectivity index (χ3v) is 2.88. The molecule has 1 aliphatic heterocycles. The molecule has 0 amide bonds. The van der Waals surface area contributed by atoms with E-state index in [0.29, 0.717) is 4.68 Å². The third-order valence-electron chi connectivity index (χ3n) is 2.88. The van der Waals surface area contributed by atoms with Gasteiger partial charge < -0.3 is 14.9 Å². The van der Waals surface area contributed by atoms with Crippen LogP contribution in [-0.4, -0.2) is 49.5 Å². The molecule has 1 saturated heterocycles. The molecule has 0 aliphatic carbocycles. The number of aromatic amines is 1. The molecule has 3 N–H and O–H groups in total. The molecule has 0 radical (unpaired) electrons. The van der Waals surface area contributed by atoms with Gasteiger partial charge in [0.05, 0.1) is 6.61 Å². The number of alkyl halides is 1. The average molecular weight is 261 g/mol. The number of nitrogens with zero attached hydrogens (tertiary/aromatic N) is 2. The van der Waals surface area contributed by atoms with Gasteiger partial charge in [-0.1, -0.05) is 0 Å². The van der Waals surface area contributed by atoms with E-state index in [2.05, 4.69) is 5.10 Å². The van der Waals surface area contributed by atoms with Crippen LogP contribution in [0.15, 0.2) is 15.8 Å². The number of hydrogen-bond acceptors (Lipinski definition) is 6. The first kappa shape index (κ1) is 12.9. The fourth-order valence-electron chi connectivity index (χ4n) is 1.76. The largest absolute Gasteiger partial charge is 0.393 e. The highest BCUT2D eigenvalue weighted by Gasteiger charge is 2.53. The lowest BCUT2D eigenvalue weighted by atomic mass is 9.99. The van der Waals surface area contributed by atoms with Crippen molar-refractivity contribution in [2.24, 2.45) is 0 Å². The highest BCUT2D eigenvalue weighted by atomic mass is 19.1. The summed E-state index contributed by atoms with van der Waals surface area (Å²) in [5.74, 6) is 0. The second kappa shape index (κ2) is 4.26. The van der Waals surface area contributed by atoms with Gasteiger partial charge in [-0.3, -0.25) is 9.78 Å². The Kier molecular flexibility index (Phi) is 3.05. The number of nitrogens with one attached hydrogen (secondary N) is 1. The highest BCUT2D eigenvalue weighted by Crippen LogP contribution is 2.37. The van der Waals surface area contributed by atoms with Gasteiger partial charge in [-0.15, -0.1) is 0 Å². The first-order valence-corrected chi connectivity index (χ1v) is 5.18. The number of aromatic nitrogens is 3. The van der Waals surface area contributed by atoms with Crippen LogP contribution in [0.1, 0.15) is 13.2 Å². The first-order valence-electron chi connectivity index (χ1n) is 5.18. The predicted octanol–water partition coefficient (Wildman–Crippen LogP) is -2.09. The summed E-state index contributed by atoms with van der Waals surface area (Å²) in [6.45, 7) is 0.685. The second-order valence-electron chi connectivity index (χ2n) is 4.25. The van der Waals surface area contributed by atoms with E-state index in [1.165, 1.54) is 6.92 Å². The zero-order chi connectivity index (χ0) is 13.5. The fraction of sp³-hybridized carbons (Fsp3) is 0.667. The van der Waals surface area contributed by atoms with Crippen LogP contribution < -0.4 is 11.2 Å². The molecular formula is C9H12FN3O5. The van der Waals surface area contributed by atoms with Crippen LogP contribution in [0.5, 0.6) is 0 Å². The Morgan fingerprint density at radius 3 is 2.83 bits per heavy atom. The number of aliphatic hydroxyl groups is 2. The molecule has 4 unspecified atom stereocenters. The molecule has 0 spiro atoms. The summed E-state index contributed by atoms with van der Waals surface area (Å²) in [5.41, 5.74) is -3.21. The molecule has 0 saturated carbocycles. The Hall–Kier alpha value is -1.58. The Bertz CT molecular complexity index is 558. The molecule has 0 bridgehead atoms.